The van der Waals surface area contributed by atoms with Crippen LogP contribution in [0, 0.1) is 12.8 Å². The molecule has 1 aromatic rings. The second-order valence-corrected chi connectivity index (χ2v) is 5.59. The molecule has 1 aromatic heterocycles. The number of likely N-dealkylation sites (N-methyl/N-ethyl adjacent to an activating group) is 1. The van der Waals surface area contributed by atoms with E-state index in [-0.39, 0.29) is 11.7 Å². The van der Waals surface area contributed by atoms with E-state index in [9.17, 15) is 4.79 Å². The molecule has 0 N–H and O–H groups in total. The summed E-state index contributed by atoms with van der Waals surface area (Å²) in [6, 6.07) is 0.721. The predicted molar refractivity (Wildman–Crippen MR) is 70.0 cm³/mol. The van der Waals surface area contributed by atoms with Crippen molar-refractivity contribution in [3.63, 3.8) is 0 Å². The van der Waals surface area contributed by atoms with Crippen molar-refractivity contribution in [1.29, 1.82) is 0 Å². The normalized spacial score (nSPS) is 31.2. The minimum atomic E-state index is 0.0613. The number of ketones is 1. The van der Waals surface area contributed by atoms with Crippen LogP contribution in [0.25, 0.3) is 0 Å². The number of carbonyl (C=O) groups is 1. The molecule has 3 rings (SSSR count). The maximum absolute atomic E-state index is 12.5. The first-order valence-electron chi connectivity index (χ1n) is 6.77. The Balaban J connectivity index is 1.78. The number of hydrogen-bond acceptors (Lipinski definition) is 5. The van der Waals surface area contributed by atoms with Crippen molar-refractivity contribution in [3.8, 4) is 0 Å². The number of hydrogen-bond donors (Lipinski definition) is 0. The topological polar surface area (TPSA) is 55.3 Å². The van der Waals surface area contributed by atoms with E-state index < -0.39 is 0 Å². The van der Waals surface area contributed by atoms with Gasteiger partial charge in [0.2, 0.25) is 0 Å². The lowest BCUT2D eigenvalue weighted by Crippen LogP contribution is -2.55. The summed E-state index contributed by atoms with van der Waals surface area (Å²) in [5, 5.41) is 0. The van der Waals surface area contributed by atoms with Gasteiger partial charge in [0.25, 0.3) is 0 Å². The lowest BCUT2D eigenvalue weighted by Gasteiger charge is -2.46. The van der Waals surface area contributed by atoms with Gasteiger partial charge in [-0.15, -0.1) is 0 Å². The molecule has 0 radical (unpaired) electrons. The Kier molecular flexibility index (Phi) is 3.33. The van der Waals surface area contributed by atoms with Crippen LogP contribution in [-0.4, -0.2) is 53.0 Å². The number of aryl methyl sites for hydroxylation is 1. The molecule has 0 spiro atoms. The molecule has 2 atom stereocenters. The van der Waals surface area contributed by atoms with Crippen LogP contribution >= 0.6 is 0 Å². The average molecular weight is 261 g/mol. The van der Waals surface area contributed by atoms with Crippen LogP contribution < -0.4 is 0 Å². The summed E-state index contributed by atoms with van der Waals surface area (Å²) in [7, 11) is 2.13. The minimum absolute atomic E-state index is 0.0613. The van der Waals surface area contributed by atoms with E-state index >= 15 is 0 Å². The fraction of sp³-hybridized carbons (Fsp3) is 0.643. The van der Waals surface area contributed by atoms with Crippen molar-refractivity contribution in [2.24, 2.45) is 5.92 Å². The van der Waals surface area contributed by atoms with Gasteiger partial charge >= 0.3 is 0 Å². The smallest absolute Gasteiger partial charge is 0.185 e. The Morgan fingerprint density at radius 2 is 2.00 bits per heavy atom. The van der Waals surface area contributed by atoms with Crippen molar-refractivity contribution in [2.75, 3.05) is 20.3 Å². The predicted octanol–water partition coefficient (Wildman–Crippen LogP) is 1.08. The highest BCUT2D eigenvalue weighted by molar-refractivity contribution is 5.96. The highest BCUT2D eigenvalue weighted by atomic mass is 16.5. The SMILES string of the molecule is Cc1cncc(C(=O)C2CC3COCC(C2)N3C)n1. The Morgan fingerprint density at radius 1 is 1.32 bits per heavy atom. The van der Waals surface area contributed by atoms with Crippen molar-refractivity contribution in [3.05, 3.63) is 23.8 Å². The van der Waals surface area contributed by atoms with Gasteiger partial charge in [-0.25, -0.2) is 4.98 Å². The highest BCUT2D eigenvalue weighted by Gasteiger charge is 2.39. The number of nitrogens with zero attached hydrogens (tertiary/aromatic N) is 3. The van der Waals surface area contributed by atoms with Crippen molar-refractivity contribution >= 4 is 5.78 Å². The van der Waals surface area contributed by atoms with E-state index in [0.717, 1.165) is 31.7 Å². The Labute approximate surface area is 113 Å². The standard InChI is InChI=1S/C14H19N3O2/c1-9-5-15-6-13(16-9)14(18)10-3-11-7-19-8-12(4-10)17(11)2/h5-6,10-12H,3-4,7-8H2,1-2H3. The van der Waals surface area contributed by atoms with Gasteiger partial charge in [0, 0.05) is 24.2 Å². The van der Waals surface area contributed by atoms with Gasteiger partial charge < -0.3 is 4.74 Å². The van der Waals surface area contributed by atoms with E-state index in [1.165, 1.54) is 0 Å². The molecule has 2 fully saturated rings. The lowest BCUT2D eigenvalue weighted by atomic mass is 9.82. The van der Waals surface area contributed by atoms with Crippen molar-refractivity contribution in [1.82, 2.24) is 14.9 Å². The molecule has 5 heteroatoms. The summed E-state index contributed by atoms with van der Waals surface area (Å²) in [5.74, 6) is 0.201. The number of aromatic nitrogens is 2. The Hall–Kier alpha value is -1.33. The molecule has 5 nitrogen and oxygen atoms in total. The molecule has 0 aromatic carbocycles. The zero-order valence-electron chi connectivity index (χ0n) is 11.4. The maximum atomic E-state index is 12.5. The van der Waals surface area contributed by atoms with Crippen LogP contribution in [0.5, 0.6) is 0 Å². The van der Waals surface area contributed by atoms with E-state index in [2.05, 4.69) is 21.9 Å². The maximum Gasteiger partial charge on any atom is 0.185 e. The minimum Gasteiger partial charge on any atom is -0.378 e. The summed E-state index contributed by atoms with van der Waals surface area (Å²) in [6.45, 7) is 3.33. The summed E-state index contributed by atoms with van der Waals surface area (Å²) >= 11 is 0. The monoisotopic (exact) mass is 261 g/mol. The van der Waals surface area contributed by atoms with Crippen LogP contribution in [0.15, 0.2) is 12.4 Å². The first-order chi connectivity index (χ1) is 9.15. The Bertz CT molecular complexity index is 477. The van der Waals surface area contributed by atoms with Gasteiger partial charge in [0.15, 0.2) is 5.78 Å². The van der Waals surface area contributed by atoms with Gasteiger partial charge in [-0.05, 0) is 26.8 Å². The number of ether oxygens (including phenoxy) is 1. The molecule has 2 saturated heterocycles. The number of morpholine rings is 1. The van der Waals surface area contributed by atoms with Crippen LogP contribution in [0.4, 0.5) is 0 Å². The number of fused-ring (bicyclic) bond motifs is 2. The average Bonchev–Trinajstić information content (AvgIpc) is 2.37. The highest BCUT2D eigenvalue weighted by Crippen LogP contribution is 2.31. The second kappa shape index (κ2) is 4.98. The van der Waals surface area contributed by atoms with E-state index in [1.54, 1.807) is 12.4 Å². The van der Waals surface area contributed by atoms with Gasteiger partial charge in [0.05, 0.1) is 25.1 Å². The third kappa shape index (κ3) is 2.40. The van der Waals surface area contributed by atoms with Crippen molar-refractivity contribution < 1.29 is 9.53 Å². The molecule has 0 amide bonds. The van der Waals surface area contributed by atoms with Crippen LogP contribution in [0.1, 0.15) is 29.0 Å². The fourth-order valence-electron chi connectivity index (χ4n) is 3.10. The van der Waals surface area contributed by atoms with Gasteiger partial charge in [-0.1, -0.05) is 0 Å². The van der Waals surface area contributed by atoms with Crippen molar-refractivity contribution in [2.45, 2.75) is 31.8 Å². The molecule has 2 bridgehead atoms. The molecule has 19 heavy (non-hydrogen) atoms. The number of piperidine rings is 1. The molecular weight excluding hydrogens is 242 g/mol. The van der Waals surface area contributed by atoms with Gasteiger partial charge in [-0.2, -0.15) is 0 Å². The quantitative estimate of drug-likeness (QED) is 0.746. The van der Waals surface area contributed by atoms with Gasteiger partial charge in [0.1, 0.15) is 5.69 Å². The fourth-order valence-corrected chi connectivity index (χ4v) is 3.10. The molecule has 0 saturated carbocycles. The first kappa shape index (κ1) is 12.7. The van der Waals surface area contributed by atoms with E-state index in [1.807, 2.05) is 6.92 Å². The van der Waals surface area contributed by atoms with Crippen LogP contribution in [-0.2, 0) is 4.74 Å². The number of Topliss-reactive ketones (excluding diaryl/α,β-unsaturated/α-hetero) is 1. The van der Waals surface area contributed by atoms with Gasteiger partial charge in [-0.3, -0.25) is 14.7 Å². The molecule has 3 heterocycles. The summed E-state index contributed by atoms with van der Waals surface area (Å²) < 4.78 is 5.58. The van der Waals surface area contributed by atoms with E-state index in [4.69, 9.17) is 4.74 Å². The number of rotatable bonds is 2. The van der Waals surface area contributed by atoms with Crippen LogP contribution in [0.3, 0.4) is 0 Å². The molecule has 2 unspecified atom stereocenters. The molecular formula is C14H19N3O2. The summed E-state index contributed by atoms with van der Waals surface area (Å²) in [5.41, 5.74) is 1.30. The molecule has 0 aliphatic carbocycles. The summed E-state index contributed by atoms with van der Waals surface area (Å²) in [6.07, 6.45) is 4.98. The number of carbonyl (C=O) groups excluding carboxylic acids is 1. The largest absolute Gasteiger partial charge is 0.378 e. The first-order valence-corrected chi connectivity index (χ1v) is 6.77. The lowest BCUT2D eigenvalue weighted by molar-refractivity contribution is -0.0703. The second-order valence-electron chi connectivity index (χ2n) is 5.59. The molecule has 2 aliphatic rings. The third-order valence-corrected chi connectivity index (χ3v) is 4.26. The third-order valence-electron chi connectivity index (χ3n) is 4.26. The summed E-state index contributed by atoms with van der Waals surface area (Å²) in [4.78, 5) is 23.3. The Morgan fingerprint density at radius 3 is 2.63 bits per heavy atom. The van der Waals surface area contributed by atoms with Crippen LogP contribution in [0.2, 0.25) is 0 Å². The zero-order chi connectivity index (χ0) is 13.4. The zero-order valence-corrected chi connectivity index (χ0v) is 11.4. The van der Waals surface area contributed by atoms with E-state index in [0.29, 0.717) is 17.8 Å². The molecule has 2 aliphatic heterocycles. The molecule has 102 valence electrons.